The molecule has 4 aliphatic carbocycles. The maximum atomic E-state index is 12.0. The van der Waals surface area contributed by atoms with E-state index in [9.17, 15) is 28.1 Å². The quantitative estimate of drug-likeness (QED) is 0.0827. The molecule has 41 heavy (non-hydrogen) atoms. The molecule has 1 aliphatic heterocycles. The molecule has 5 N–H and O–H groups in total. The number of nitrogens with zero attached hydrogens (tertiary/aromatic N) is 4. The Bertz CT molecular complexity index is 1370. The van der Waals surface area contributed by atoms with Gasteiger partial charge in [-0.25, -0.2) is 9.98 Å². The van der Waals surface area contributed by atoms with E-state index < -0.39 is 54.4 Å². The molecule has 0 spiro atoms. The number of aliphatic hydroxyl groups excluding tert-OH is 2. The van der Waals surface area contributed by atoms with Gasteiger partial charge in [-0.05, 0) is 73.6 Å². The third-order valence-corrected chi connectivity index (χ3v) is 12.2. The Morgan fingerprint density at radius 3 is 2.51 bits per heavy atom. The Kier molecular flexibility index (Phi) is 8.15. The number of hydrogen-bond donors (Lipinski definition) is 5. The zero-order valence-electron chi connectivity index (χ0n) is 22.9. The monoisotopic (exact) mass is 637 g/mol. The average Bonchev–Trinajstić information content (AvgIpc) is 3.32. The fourth-order valence-electron chi connectivity index (χ4n) is 8.40. The third-order valence-electron chi connectivity index (χ3n) is 8.80. The molecule has 4 saturated carbocycles. The third kappa shape index (κ3) is 6.64. The van der Waals surface area contributed by atoms with E-state index in [1.165, 1.54) is 30.2 Å². The summed E-state index contributed by atoms with van der Waals surface area (Å²) in [5, 5.41) is 24.9. The first-order valence-corrected chi connectivity index (χ1v) is 17.1. The molecule has 0 aromatic carbocycles. The van der Waals surface area contributed by atoms with Crippen LogP contribution in [0.3, 0.4) is 0 Å². The number of rotatable bonds is 10. The molecule has 5 aliphatic rings. The number of aliphatic imine (C=N–C) groups is 2. The van der Waals surface area contributed by atoms with Gasteiger partial charge in [0, 0.05) is 12.1 Å². The summed E-state index contributed by atoms with van der Waals surface area (Å²) in [5.74, 6) is 0.895. The van der Waals surface area contributed by atoms with Crippen LogP contribution < -0.4 is 5.32 Å². The second-order valence-electron chi connectivity index (χ2n) is 12.9. The van der Waals surface area contributed by atoms with Crippen molar-refractivity contribution in [3.05, 3.63) is 12.0 Å². The second kappa shape index (κ2) is 10.7. The molecule has 6 rings (SSSR count). The Labute approximate surface area is 243 Å². The van der Waals surface area contributed by atoms with Crippen LogP contribution in [0.5, 0.6) is 0 Å². The van der Waals surface area contributed by atoms with Crippen LogP contribution in [0.15, 0.2) is 16.3 Å². The van der Waals surface area contributed by atoms with E-state index in [1.54, 1.807) is 0 Å². The smallest absolute Gasteiger partial charge is 0.345 e. The summed E-state index contributed by atoms with van der Waals surface area (Å²) in [4.78, 5) is 22.2. The van der Waals surface area contributed by atoms with Gasteiger partial charge in [-0.2, -0.15) is 13.4 Å². The SMILES string of the molecule is C=NC(Cl)=Nc1c(CNC23CC4C[C@@](C)(C2)C[C@](C)(C4)C3)ncn1[C@@H]1O[C@H](COP(=O)(O)CS(=O)(=O)O)C(O)C1O. The molecule has 5 fully saturated rings. The minimum absolute atomic E-state index is 0.0313. The molecule has 9 atom stereocenters. The van der Waals surface area contributed by atoms with Gasteiger partial charge in [-0.15, -0.1) is 0 Å². The predicted octanol–water partition coefficient (Wildman–Crippen LogP) is 2.32. The Morgan fingerprint density at radius 1 is 1.27 bits per heavy atom. The van der Waals surface area contributed by atoms with Gasteiger partial charge in [-0.1, -0.05) is 13.8 Å². The minimum Gasteiger partial charge on any atom is -0.387 e. The number of amidine groups is 1. The first kappa shape index (κ1) is 31.2. The van der Waals surface area contributed by atoms with Gasteiger partial charge in [0.1, 0.15) is 18.3 Å². The van der Waals surface area contributed by atoms with E-state index in [1.807, 2.05) is 0 Å². The van der Waals surface area contributed by atoms with Crippen molar-refractivity contribution in [1.82, 2.24) is 14.9 Å². The molecule has 14 nitrogen and oxygen atoms in total. The van der Waals surface area contributed by atoms with Gasteiger partial charge >= 0.3 is 7.60 Å². The predicted molar refractivity (Wildman–Crippen MR) is 150 cm³/mol. The molecular weight excluding hydrogens is 601 g/mol. The summed E-state index contributed by atoms with van der Waals surface area (Å²) in [6.07, 6.45) is 2.68. The van der Waals surface area contributed by atoms with Crippen molar-refractivity contribution in [3.63, 3.8) is 0 Å². The van der Waals surface area contributed by atoms with E-state index >= 15 is 0 Å². The number of imidazole rings is 1. The van der Waals surface area contributed by atoms with Crippen LogP contribution in [0.2, 0.25) is 0 Å². The van der Waals surface area contributed by atoms with Gasteiger partial charge in [-0.3, -0.25) is 13.7 Å². The largest absolute Gasteiger partial charge is 0.387 e. The van der Waals surface area contributed by atoms with Crippen molar-refractivity contribution in [3.8, 4) is 0 Å². The van der Waals surface area contributed by atoms with Gasteiger partial charge in [0.2, 0.25) is 5.29 Å². The Morgan fingerprint density at radius 2 is 1.93 bits per heavy atom. The maximum absolute atomic E-state index is 12.0. The molecule has 0 radical (unpaired) electrons. The van der Waals surface area contributed by atoms with Crippen molar-refractivity contribution < 1.29 is 41.9 Å². The number of halogens is 1. The summed E-state index contributed by atoms with van der Waals surface area (Å²) < 4.78 is 54.7. The van der Waals surface area contributed by atoms with E-state index in [2.05, 4.69) is 40.9 Å². The summed E-state index contributed by atoms with van der Waals surface area (Å²) in [6, 6.07) is 0. The van der Waals surface area contributed by atoms with Crippen molar-refractivity contribution in [2.45, 2.75) is 89.0 Å². The van der Waals surface area contributed by atoms with E-state index in [0.717, 1.165) is 19.3 Å². The first-order valence-electron chi connectivity index (χ1n) is 13.4. The fourth-order valence-corrected chi connectivity index (χ4v) is 10.8. The van der Waals surface area contributed by atoms with E-state index in [-0.39, 0.29) is 16.7 Å². The molecule has 1 saturated heterocycles. The topological polar surface area (TPSA) is 205 Å². The number of aromatic nitrogens is 2. The van der Waals surface area contributed by atoms with Crippen LogP contribution >= 0.6 is 19.2 Å². The van der Waals surface area contributed by atoms with Crippen LogP contribution in [0, 0.1) is 16.7 Å². The number of nitrogens with one attached hydrogen (secondary N) is 1. The lowest BCUT2D eigenvalue weighted by Crippen LogP contribution is -2.63. The fraction of sp³-hybridized carbons (Fsp3) is 0.792. The normalized spacial score (nSPS) is 40.2. The van der Waals surface area contributed by atoms with Crippen LogP contribution in [0.25, 0.3) is 0 Å². The number of ether oxygens (including phenoxy) is 1. The lowest BCUT2D eigenvalue weighted by molar-refractivity contribution is -0.118. The van der Waals surface area contributed by atoms with Gasteiger partial charge in [0.25, 0.3) is 10.1 Å². The van der Waals surface area contributed by atoms with Crippen LogP contribution in [0.4, 0.5) is 5.82 Å². The van der Waals surface area contributed by atoms with Crippen molar-refractivity contribution >= 4 is 47.1 Å². The summed E-state index contributed by atoms with van der Waals surface area (Å²) in [6.45, 7) is 7.77. The lowest BCUT2D eigenvalue weighted by Gasteiger charge is -2.65. The van der Waals surface area contributed by atoms with Crippen LogP contribution in [-0.2, 0) is 30.5 Å². The standard InChI is InChI=1S/C24H37ClN5O9PS/c1-22-4-14-5-23(2,9-22)11-24(6-14,10-22)28-7-15-19(29-21(25)26-3)30(12-27-15)20-18(32)17(31)16(39-20)8-38-40(33,34)13-41(35,36)37/h12,14,16-18,20,28,31-32H,3-11,13H2,1-2H3,(H,33,34)(H,35,36,37)/t14?,16-,17?,18?,20-,22-,23+,24?/m1/s1. The molecule has 17 heteroatoms. The zero-order valence-corrected chi connectivity index (χ0v) is 25.4. The van der Waals surface area contributed by atoms with Crippen molar-refractivity contribution in [1.29, 1.82) is 0 Å². The van der Waals surface area contributed by atoms with Crippen molar-refractivity contribution in [2.75, 3.05) is 12.1 Å². The van der Waals surface area contributed by atoms with E-state index in [4.69, 9.17) is 25.4 Å². The average molecular weight is 638 g/mol. The number of aliphatic hydroxyl groups is 2. The molecule has 230 valence electrons. The summed E-state index contributed by atoms with van der Waals surface area (Å²) in [5.41, 5.74) is -0.454. The zero-order chi connectivity index (χ0) is 30.0. The summed E-state index contributed by atoms with van der Waals surface area (Å²) in [7, 11) is -9.57. The maximum Gasteiger partial charge on any atom is 0.345 e. The highest BCUT2D eigenvalue weighted by molar-refractivity contribution is 7.92. The molecule has 1 aromatic heterocycles. The highest BCUT2D eigenvalue weighted by atomic mass is 35.5. The highest BCUT2D eigenvalue weighted by Crippen LogP contribution is 2.66. The van der Waals surface area contributed by atoms with Gasteiger partial charge < -0.3 is 29.7 Å². The van der Waals surface area contributed by atoms with Gasteiger partial charge in [0.05, 0.1) is 18.6 Å². The highest BCUT2D eigenvalue weighted by Gasteiger charge is 2.60. The Balaban J connectivity index is 1.34. The molecule has 5 unspecified atom stereocenters. The lowest BCUT2D eigenvalue weighted by atomic mass is 9.43. The van der Waals surface area contributed by atoms with Gasteiger partial charge in [0.15, 0.2) is 17.5 Å². The molecular formula is C24H37ClN5O9PS. The number of hydrogen-bond acceptors (Lipinski definition) is 10. The molecule has 4 bridgehead atoms. The van der Waals surface area contributed by atoms with E-state index in [0.29, 0.717) is 29.0 Å². The first-order chi connectivity index (χ1) is 18.9. The minimum atomic E-state index is -4.80. The van der Waals surface area contributed by atoms with Crippen LogP contribution in [0.1, 0.15) is 64.3 Å². The Hall–Kier alpha value is -1.26. The molecule has 2 heterocycles. The molecule has 0 amide bonds. The van der Waals surface area contributed by atoms with Crippen molar-refractivity contribution in [2.24, 2.45) is 26.7 Å². The second-order valence-corrected chi connectivity index (χ2v) is 17.0. The van der Waals surface area contributed by atoms with Crippen LogP contribution in [-0.4, -0.2) is 85.6 Å². The summed E-state index contributed by atoms with van der Waals surface area (Å²) >= 11 is 6.11. The molecule has 1 aromatic rings.